The number of unbranched alkanes of at least 4 members (excludes halogenated alkanes) is 1. The van der Waals surface area contributed by atoms with Crippen molar-refractivity contribution < 1.29 is 29.0 Å². The van der Waals surface area contributed by atoms with Gasteiger partial charge in [-0.2, -0.15) is 0 Å². The number of carbonyl (C=O) groups excluding carboxylic acids is 4. The average Bonchev–Trinajstić information content (AvgIpc) is 2.94. The summed E-state index contributed by atoms with van der Waals surface area (Å²) in [6.45, 7) is 3.30. The van der Waals surface area contributed by atoms with Gasteiger partial charge in [0.05, 0.1) is 13.0 Å². The van der Waals surface area contributed by atoms with Crippen molar-refractivity contribution in [2.75, 3.05) is 6.61 Å². The number of amides is 3. The number of ether oxygens (including phenoxy) is 1. The Hall–Kier alpha value is -3.72. The first-order valence-electron chi connectivity index (χ1n) is 13.6. The molecule has 1 fully saturated rings. The summed E-state index contributed by atoms with van der Waals surface area (Å²) in [5.74, 6) is -2.56. The van der Waals surface area contributed by atoms with Gasteiger partial charge >= 0.3 is 5.97 Å². The van der Waals surface area contributed by atoms with E-state index in [1.165, 1.54) is 0 Å². The third-order valence-electron chi connectivity index (χ3n) is 6.94. The third-order valence-corrected chi connectivity index (χ3v) is 6.94. The van der Waals surface area contributed by atoms with Gasteiger partial charge in [0.15, 0.2) is 0 Å². The number of aliphatic hydroxyl groups is 1. The molecule has 3 amide bonds. The standard InChI is InChI=1S/C30H39N3O6/c1-3-4-11-20(2)26-18-27(35)31-23(16-21-12-7-5-8-13-21)28(36)33-25(19-34)29(37)32-24(30(38)39-26)17-22-14-9-6-10-15-22/h5-10,12-15,20,23-26,34H,3-4,11,16-19H2,1-2H3,(H,31,35)(H,32,37)(H,33,36)/t20-,23+,24+,25-,26-/m0/s1. The van der Waals surface area contributed by atoms with E-state index in [0.29, 0.717) is 0 Å². The summed E-state index contributed by atoms with van der Waals surface area (Å²) in [5, 5.41) is 17.9. The van der Waals surface area contributed by atoms with Gasteiger partial charge in [0.25, 0.3) is 0 Å². The lowest BCUT2D eigenvalue weighted by atomic mass is 9.95. The first kappa shape index (κ1) is 29.8. The van der Waals surface area contributed by atoms with E-state index in [0.717, 1.165) is 30.4 Å². The van der Waals surface area contributed by atoms with Crippen LogP contribution in [-0.2, 0) is 36.8 Å². The van der Waals surface area contributed by atoms with Crippen LogP contribution in [0.5, 0.6) is 0 Å². The molecule has 2 aromatic carbocycles. The summed E-state index contributed by atoms with van der Waals surface area (Å²) < 4.78 is 5.89. The monoisotopic (exact) mass is 537 g/mol. The quantitative estimate of drug-likeness (QED) is 0.362. The van der Waals surface area contributed by atoms with Gasteiger partial charge in [0.2, 0.25) is 17.7 Å². The van der Waals surface area contributed by atoms with Crippen LogP contribution in [0, 0.1) is 5.92 Å². The molecule has 0 aliphatic carbocycles. The van der Waals surface area contributed by atoms with E-state index in [9.17, 15) is 24.3 Å². The summed E-state index contributed by atoms with van der Waals surface area (Å²) >= 11 is 0. The van der Waals surface area contributed by atoms with Crippen molar-refractivity contribution in [2.45, 2.75) is 76.6 Å². The SMILES string of the molecule is CCCC[C@H](C)[C@@H]1CC(=O)N[C@H](Cc2ccccc2)C(=O)N[C@@H](CO)C(=O)N[C@H](Cc2ccccc2)C(=O)O1. The first-order chi connectivity index (χ1) is 18.8. The minimum absolute atomic E-state index is 0.120. The van der Waals surface area contributed by atoms with Crippen molar-refractivity contribution in [3.05, 3.63) is 71.8 Å². The zero-order chi connectivity index (χ0) is 28.2. The number of cyclic esters (lactones) is 1. The number of hydrogen-bond acceptors (Lipinski definition) is 6. The molecule has 1 heterocycles. The second-order valence-corrected chi connectivity index (χ2v) is 10.1. The Morgan fingerprint density at radius 1 is 0.821 bits per heavy atom. The van der Waals surface area contributed by atoms with Gasteiger partial charge in [-0.3, -0.25) is 14.4 Å². The highest BCUT2D eigenvalue weighted by Gasteiger charge is 2.34. The average molecular weight is 538 g/mol. The molecular formula is C30H39N3O6. The molecule has 0 radical (unpaired) electrons. The number of benzene rings is 2. The Kier molecular flexibility index (Phi) is 11.5. The maximum atomic E-state index is 13.4. The van der Waals surface area contributed by atoms with Crippen molar-refractivity contribution in [2.24, 2.45) is 5.92 Å². The normalized spacial score (nSPS) is 23.7. The van der Waals surface area contributed by atoms with Crippen molar-refractivity contribution in [1.29, 1.82) is 0 Å². The molecule has 3 rings (SSSR count). The van der Waals surface area contributed by atoms with E-state index in [-0.39, 0.29) is 25.2 Å². The number of carbonyl (C=O) groups is 4. The highest BCUT2D eigenvalue weighted by molar-refractivity contribution is 5.94. The Bertz CT molecular complexity index is 1090. The number of rotatable bonds is 9. The fourth-order valence-electron chi connectivity index (χ4n) is 4.58. The minimum atomic E-state index is -1.32. The maximum Gasteiger partial charge on any atom is 0.329 e. The molecule has 1 aliphatic heterocycles. The number of nitrogens with one attached hydrogen (secondary N) is 3. The van der Waals surface area contributed by atoms with Gasteiger partial charge in [-0.1, -0.05) is 87.4 Å². The van der Waals surface area contributed by atoms with Gasteiger partial charge in [-0.25, -0.2) is 4.79 Å². The highest BCUT2D eigenvalue weighted by Crippen LogP contribution is 2.20. The van der Waals surface area contributed by atoms with E-state index < -0.39 is 54.5 Å². The molecule has 0 unspecified atom stereocenters. The smallest absolute Gasteiger partial charge is 0.329 e. The van der Waals surface area contributed by atoms with Crippen LogP contribution in [0.2, 0.25) is 0 Å². The van der Waals surface area contributed by atoms with Crippen LogP contribution in [-0.4, -0.2) is 59.6 Å². The molecule has 0 bridgehead atoms. The van der Waals surface area contributed by atoms with E-state index >= 15 is 0 Å². The Balaban J connectivity index is 1.93. The van der Waals surface area contributed by atoms with Crippen LogP contribution < -0.4 is 16.0 Å². The maximum absolute atomic E-state index is 13.4. The minimum Gasteiger partial charge on any atom is -0.460 e. The van der Waals surface area contributed by atoms with Crippen LogP contribution in [0.15, 0.2) is 60.7 Å². The van der Waals surface area contributed by atoms with E-state index in [1.54, 1.807) is 0 Å². The Morgan fingerprint density at radius 3 is 1.92 bits per heavy atom. The molecule has 1 aliphatic rings. The number of hydrogen-bond donors (Lipinski definition) is 4. The number of esters is 1. The molecule has 0 spiro atoms. The van der Waals surface area contributed by atoms with Gasteiger partial charge in [0.1, 0.15) is 24.2 Å². The topological polar surface area (TPSA) is 134 Å². The largest absolute Gasteiger partial charge is 0.460 e. The van der Waals surface area contributed by atoms with E-state index in [1.807, 2.05) is 67.6 Å². The molecule has 0 aromatic heterocycles. The molecule has 1 saturated heterocycles. The second kappa shape index (κ2) is 15.0. The first-order valence-corrected chi connectivity index (χ1v) is 13.6. The van der Waals surface area contributed by atoms with Crippen LogP contribution in [0.25, 0.3) is 0 Å². The predicted molar refractivity (Wildman–Crippen MR) is 146 cm³/mol. The van der Waals surface area contributed by atoms with Crippen molar-refractivity contribution in [3.8, 4) is 0 Å². The summed E-state index contributed by atoms with van der Waals surface area (Å²) in [4.78, 5) is 53.0. The lowest BCUT2D eigenvalue weighted by Crippen LogP contribution is -2.57. The molecule has 9 nitrogen and oxygen atoms in total. The Morgan fingerprint density at radius 2 is 1.36 bits per heavy atom. The zero-order valence-corrected chi connectivity index (χ0v) is 22.6. The van der Waals surface area contributed by atoms with Crippen LogP contribution in [0.1, 0.15) is 50.7 Å². The molecule has 210 valence electrons. The molecule has 2 aromatic rings. The predicted octanol–water partition coefficient (Wildman–Crippen LogP) is 2.06. The lowest BCUT2D eigenvalue weighted by molar-refractivity contribution is -0.157. The summed E-state index contributed by atoms with van der Waals surface area (Å²) in [5.41, 5.74) is 1.61. The van der Waals surface area contributed by atoms with Crippen LogP contribution in [0.4, 0.5) is 0 Å². The third kappa shape index (κ3) is 9.21. The molecule has 4 N–H and O–H groups in total. The lowest BCUT2D eigenvalue weighted by Gasteiger charge is -2.27. The van der Waals surface area contributed by atoms with E-state index in [2.05, 4.69) is 22.9 Å². The molecule has 9 heteroatoms. The summed E-state index contributed by atoms with van der Waals surface area (Å²) in [6, 6.07) is 14.9. The van der Waals surface area contributed by atoms with Crippen LogP contribution >= 0.6 is 0 Å². The highest BCUT2D eigenvalue weighted by atomic mass is 16.5. The van der Waals surface area contributed by atoms with Gasteiger partial charge < -0.3 is 25.8 Å². The molecule has 39 heavy (non-hydrogen) atoms. The molecule has 0 saturated carbocycles. The zero-order valence-electron chi connectivity index (χ0n) is 22.6. The van der Waals surface area contributed by atoms with Gasteiger partial charge in [0, 0.05) is 12.8 Å². The summed E-state index contributed by atoms with van der Waals surface area (Å²) in [6.07, 6.45) is 2.07. The fourth-order valence-corrected chi connectivity index (χ4v) is 4.58. The van der Waals surface area contributed by atoms with E-state index in [4.69, 9.17) is 4.74 Å². The molecule has 5 atom stereocenters. The van der Waals surface area contributed by atoms with Gasteiger partial charge in [-0.15, -0.1) is 0 Å². The van der Waals surface area contributed by atoms with Crippen LogP contribution in [0.3, 0.4) is 0 Å². The Labute approximate surface area is 229 Å². The molecular weight excluding hydrogens is 498 g/mol. The van der Waals surface area contributed by atoms with Crippen molar-refractivity contribution >= 4 is 23.7 Å². The second-order valence-electron chi connectivity index (χ2n) is 10.1. The van der Waals surface area contributed by atoms with Crippen molar-refractivity contribution in [3.63, 3.8) is 0 Å². The summed E-state index contributed by atoms with van der Waals surface area (Å²) in [7, 11) is 0. The van der Waals surface area contributed by atoms with Gasteiger partial charge in [-0.05, 0) is 23.5 Å². The number of aliphatic hydroxyl groups excluding tert-OH is 1. The fraction of sp³-hybridized carbons (Fsp3) is 0.467. The van der Waals surface area contributed by atoms with Crippen molar-refractivity contribution in [1.82, 2.24) is 16.0 Å².